The summed E-state index contributed by atoms with van der Waals surface area (Å²) >= 11 is 14.6. The molecule has 68 valence electrons. The van der Waals surface area contributed by atoms with Gasteiger partial charge < -0.3 is 0 Å². The van der Waals surface area contributed by atoms with Crippen LogP contribution in [0.15, 0.2) is 16.7 Å². The standard InChI is InChI=1S/C9H6BrCl2N/c10-8-5-7(3-1-2-4-11)9(12)13-6-8/h5-6H,2,4H2. The van der Waals surface area contributed by atoms with Crippen molar-refractivity contribution in [3.05, 3.63) is 27.5 Å². The van der Waals surface area contributed by atoms with Crippen LogP contribution in [-0.4, -0.2) is 10.9 Å². The summed E-state index contributed by atoms with van der Waals surface area (Å²) in [5.41, 5.74) is 0.723. The van der Waals surface area contributed by atoms with Crippen molar-refractivity contribution in [2.24, 2.45) is 0 Å². The van der Waals surface area contributed by atoms with Gasteiger partial charge in [0, 0.05) is 23.0 Å². The highest BCUT2D eigenvalue weighted by Gasteiger charge is 1.97. The Balaban J connectivity index is 2.89. The Morgan fingerprint density at radius 3 is 3.00 bits per heavy atom. The molecule has 4 heteroatoms. The smallest absolute Gasteiger partial charge is 0.144 e. The quantitative estimate of drug-likeness (QED) is 0.435. The molecule has 0 aliphatic rings. The molecule has 0 bridgehead atoms. The molecule has 1 aromatic rings. The average Bonchev–Trinajstić information content (AvgIpc) is 2.11. The fourth-order valence-electron chi connectivity index (χ4n) is 0.715. The van der Waals surface area contributed by atoms with Gasteiger partial charge in [-0.25, -0.2) is 4.98 Å². The van der Waals surface area contributed by atoms with E-state index >= 15 is 0 Å². The van der Waals surface area contributed by atoms with Gasteiger partial charge in [-0.15, -0.1) is 11.6 Å². The topological polar surface area (TPSA) is 12.9 Å². The lowest BCUT2D eigenvalue weighted by molar-refractivity contribution is 1.27. The molecule has 1 nitrogen and oxygen atoms in total. The summed E-state index contributed by atoms with van der Waals surface area (Å²) in [6, 6.07) is 1.83. The average molecular weight is 279 g/mol. The van der Waals surface area contributed by atoms with Gasteiger partial charge in [0.2, 0.25) is 0 Å². The van der Waals surface area contributed by atoms with Crippen molar-refractivity contribution in [2.75, 3.05) is 5.88 Å². The zero-order valence-corrected chi connectivity index (χ0v) is 9.75. The first-order chi connectivity index (χ1) is 6.24. The van der Waals surface area contributed by atoms with Crippen LogP contribution in [0.3, 0.4) is 0 Å². The molecule has 1 aromatic heterocycles. The third kappa shape index (κ3) is 3.56. The highest BCUT2D eigenvalue weighted by atomic mass is 79.9. The maximum atomic E-state index is 5.81. The third-order valence-corrected chi connectivity index (χ3v) is 2.17. The van der Waals surface area contributed by atoms with E-state index in [1.165, 1.54) is 0 Å². The lowest BCUT2D eigenvalue weighted by Gasteiger charge is -1.94. The number of rotatable bonds is 1. The first-order valence-corrected chi connectivity index (χ1v) is 5.30. The van der Waals surface area contributed by atoms with E-state index in [0.717, 1.165) is 10.0 Å². The van der Waals surface area contributed by atoms with Crippen LogP contribution < -0.4 is 0 Å². The summed E-state index contributed by atoms with van der Waals surface area (Å²) in [5, 5.41) is 0.422. The number of aromatic nitrogens is 1. The van der Waals surface area contributed by atoms with Gasteiger partial charge in [0.25, 0.3) is 0 Å². The fraction of sp³-hybridized carbons (Fsp3) is 0.222. The number of halogens is 3. The second-order valence-electron chi connectivity index (χ2n) is 2.23. The van der Waals surface area contributed by atoms with Gasteiger partial charge in [0.1, 0.15) is 5.15 Å². The molecule has 13 heavy (non-hydrogen) atoms. The van der Waals surface area contributed by atoms with Crippen molar-refractivity contribution in [3.8, 4) is 11.8 Å². The molecule has 0 atom stereocenters. The van der Waals surface area contributed by atoms with Crippen LogP contribution in [0, 0.1) is 11.8 Å². The van der Waals surface area contributed by atoms with Crippen molar-refractivity contribution < 1.29 is 0 Å². The third-order valence-electron chi connectivity index (χ3n) is 1.25. The molecule has 0 amide bonds. The summed E-state index contributed by atoms with van der Waals surface area (Å²) < 4.78 is 0.868. The largest absolute Gasteiger partial charge is 0.242 e. The van der Waals surface area contributed by atoms with E-state index in [2.05, 4.69) is 32.8 Å². The Bertz CT molecular complexity index is 354. The molecule has 0 fully saturated rings. The van der Waals surface area contributed by atoms with Crippen molar-refractivity contribution in [1.29, 1.82) is 0 Å². The Kier molecular flexibility index (Phi) is 4.58. The first kappa shape index (κ1) is 10.8. The van der Waals surface area contributed by atoms with Gasteiger partial charge in [0.15, 0.2) is 0 Å². The molecule has 1 heterocycles. The molecule has 1 rings (SSSR count). The second kappa shape index (κ2) is 5.49. The normalized spacial score (nSPS) is 9.15. The summed E-state index contributed by atoms with van der Waals surface area (Å²) in [6.45, 7) is 0. The molecule has 0 spiro atoms. The van der Waals surface area contributed by atoms with Crippen LogP contribution in [0.4, 0.5) is 0 Å². The number of pyridine rings is 1. The van der Waals surface area contributed by atoms with Gasteiger partial charge in [-0.2, -0.15) is 0 Å². The van der Waals surface area contributed by atoms with Crippen molar-refractivity contribution in [1.82, 2.24) is 4.98 Å². The predicted octanol–water partition coefficient (Wildman–Crippen LogP) is 3.48. The zero-order chi connectivity index (χ0) is 9.68. The van der Waals surface area contributed by atoms with E-state index in [1.807, 2.05) is 6.07 Å². The van der Waals surface area contributed by atoms with Gasteiger partial charge in [-0.05, 0) is 22.0 Å². The molecular weight excluding hydrogens is 273 g/mol. The van der Waals surface area contributed by atoms with Gasteiger partial charge in [0.05, 0.1) is 5.56 Å². The van der Waals surface area contributed by atoms with Gasteiger partial charge in [-0.1, -0.05) is 23.4 Å². The summed E-state index contributed by atoms with van der Waals surface area (Å²) in [6.07, 6.45) is 2.29. The maximum absolute atomic E-state index is 5.81. The molecular formula is C9H6BrCl2N. The summed E-state index contributed by atoms with van der Waals surface area (Å²) in [5.74, 6) is 6.32. The Morgan fingerprint density at radius 2 is 2.31 bits per heavy atom. The Labute approximate surface area is 95.6 Å². The van der Waals surface area contributed by atoms with Gasteiger partial charge >= 0.3 is 0 Å². The number of hydrogen-bond acceptors (Lipinski definition) is 1. The summed E-state index contributed by atoms with van der Waals surface area (Å²) in [4.78, 5) is 3.94. The molecule has 0 aliphatic carbocycles. The zero-order valence-electron chi connectivity index (χ0n) is 6.65. The van der Waals surface area contributed by atoms with E-state index < -0.39 is 0 Å². The molecule has 0 N–H and O–H groups in total. The molecule has 0 unspecified atom stereocenters. The molecule has 0 aromatic carbocycles. The number of nitrogens with zero attached hydrogens (tertiary/aromatic N) is 1. The first-order valence-electron chi connectivity index (χ1n) is 3.60. The van der Waals surface area contributed by atoms with Crippen LogP contribution >= 0.6 is 39.1 Å². The lowest BCUT2D eigenvalue weighted by Crippen LogP contribution is -1.82. The van der Waals surface area contributed by atoms with Crippen LogP contribution in [-0.2, 0) is 0 Å². The minimum atomic E-state index is 0.422. The summed E-state index contributed by atoms with van der Waals surface area (Å²) in [7, 11) is 0. The van der Waals surface area contributed by atoms with Crippen molar-refractivity contribution >= 4 is 39.1 Å². The highest BCUT2D eigenvalue weighted by molar-refractivity contribution is 9.10. The SMILES string of the molecule is ClCCC#Cc1cc(Br)cnc1Cl. The van der Waals surface area contributed by atoms with Crippen LogP contribution in [0.5, 0.6) is 0 Å². The number of alkyl halides is 1. The minimum Gasteiger partial charge on any atom is -0.242 e. The predicted molar refractivity (Wildman–Crippen MR) is 59.2 cm³/mol. The van der Waals surface area contributed by atoms with E-state index in [-0.39, 0.29) is 0 Å². The molecule has 0 saturated heterocycles. The highest BCUT2D eigenvalue weighted by Crippen LogP contribution is 2.16. The van der Waals surface area contributed by atoms with Gasteiger partial charge in [-0.3, -0.25) is 0 Å². The molecule has 0 saturated carbocycles. The number of hydrogen-bond donors (Lipinski definition) is 0. The van der Waals surface area contributed by atoms with Crippen molar-refractivity contribution in [3.63, 3.8) is 0 Å². The van der Waals surface area contributed by atoms with Crippen LogP contribution in [0.1, 0.15) is 12.0 Å². The van der Waals surface area contributed by atoms with Crippen molar-refractivity contribution in [2.45, 2.75) is 6.42 Å². The maximum Gasteiger partial charge on any atom is 0.144 e. The molecule has 0 radical (unpaired) electrons. The van der Waals surface area contributed by atoms with E-state index in [0.29, 0.717) is 17.5 Å². The van der Waals surface area contributed by atoms with E-state index in [9.17, 15) is 0 Å². The van der Waals surface area contributed by atoms with Crippen LogP contribution in [0.25, 0.3) is 0 Å². The minimum absolute atomic E-state index is 0.422. The second-order valence-corrected chi connectivity index (χ2v) is 3.88. The monoisotopic (exact) mass is 277 g/mol. The Morgan fingerprint density at radius 1 is 1.54 bits per heavy atom. The molecule has 0 aliphatic heterocycles. The fourth-order valence-corrected chi connectivity index (χ4v) is 1.29. The Hall–Kier alpha value is -0.230. The van der Waals surface area contributed by atoms with E-state index in [1.54, 1.807) is 6.20 Å². The lowest BCUT2D eigenvalue weighted by atomic mass is 10.3. The van der Waals surface area contributed by atoms with Crippen LogP contribution in [0.2, 0.25) is 5.15 Å². The van der Waals surface area contributed by atoms with E-state index in [4.69, 9.17) is 23.2 Å².